The summed E-state index contributed by atoms with van der Waals surface area (Å²) in [6, 6.07) is 0.570. The van der Waals surface area contributed by atoms with Gasteiger partial charge in [-0.3, -0.25) is 4.99 Å². The van der Waals surface area contributed by atoms with Crippen LogP contribution in [-0.2, 0) is 0 Å². The van der Waals surface area contributed by atoms with Crippen LogP contribution in [0.5, 0.6) is 0 Å². The Morgan fingerprint density at radius 2 is 1.84 bits per heavy atom. The molecular weight excluding hydrogens is 353 g/mol. The van der Waals surface area contributed by atoms with Crippen molar-refractivity contribution in [3.8, 4) is 0 Å². The number of rotatable bonds is 4. The van der Waals surface area contributed by atoms with Crippen molar-refractivity contribution in [1.29, 1.82) is 0 Å². The first-order valence-corrected chi connectivity index (χ1v) is 7.49. The smallest absolute Gasteiger partial charge is 0.191 e. The fourth-order valence-electron chi connectivity index (χ4n) is 3.00. The van der Waals surface area contributed by atoms with Crippen molar-refractivity contribution in [2.75, 3.05) is 13.1 Å². The second-order valence-corrected chi connectivity index (χ2v) is 5.75. The lowest BCUT2D eigenvalue weighted by Crippen LogP contribution is -2.43. The molecule has 2 aliphatic carbocycles. The number of nitrogens with one attached hydrogen (secondary N) is 2. The Balaban J connectivity index is 0.00000180. The van der Waals surface area contributed by atoms with Crippen LogP contribution in [0.25, 0.3) is 0 Å². The highest BCUT2D eigenvalue weighted by molar-refractivity contribution is 14.0. The van der Waals surface area contributed by atoms with E-state index in [-0.39, 0.29) is 24.0 Å². The Morgan fingerprint density at radius 3 is 2.42 bits per heavy atom. The van der Waals surface area contributed by atoms with Crippen molar-refractivity contribution >= 4 is 29.9 Å². The zero-order valence-corrected chi connectivity index (χ0v) is 14.3. The molecule has 2 saturated carbocycles. The monoisotopic (exact) mass is 381 g/mol. The molecule has 0 amide bonds. The number of hydrogen-bond acceptors (Lipinski definition) is 2. The molecule has 0 saturated heterocycles. The minimum Gasteiger partial charge on any atom is -0.388 e. The van der Waals surface area contributed by atoms with Gasteiger partial charge in [0.25, 0.3) is 0 Å². The van der Waals surface area contributed by atoms with E-state index in [0.29, 0.717) is 12.6 Å². The second kappa shape index (κ2) is 8.29. The van der Waals surface area contributed by atoms with Crippen molar-refractivity contribution in [1.82, 2.24) is 10.6 Å². The van der Waals surface area contributed by atoms with Gasteiger partial charge in [-0.1, -0.05) is 25.7 Å². The zero-order chi connectivity index (χ0) is 12.8. The van der Waals surface area contributed by atoms with Gasteiger partial charge in [-0.05, 0) is 32.6 Å². The van der Waals surface area contributed by atoms with Gasteiger partial charge >= 0.3 is 0 Å². The van der Waals surface area contributed by atoms with Gasteiger partial charge in [-0.15, -0.1) is 24.0 Å². The molecule has 0 aromatic carbocycles. The van der Waals surface area contributed by atoms with E-state index in [1.165, 1.54) is 25.7 Å². The van der Waals surface area contributed by atoms with Crippen LogP contribution >= 0.6 is 24.0 Å². The molecule has 0 aromatic rings. The molecule has 0 atom stereocenters. The highest BCUT2D eigenvalue weighted by Gasteiger charge is 2.30. The average Bonchev–Trinajstić information content (AvgIpc) is 2.99. The molecule has 3 N–H and O–H groups in total. The van der Waals surface area contributed by atoms with E-state index < -0.39 is 5.60 Å². The van der Waals surface area contributed by atoms with Crippen molar-refractivity contribution in [2.45, 2.75) is 69.9 Å². The lowest BCUT2D eigenvalue weighted by Gasteiger charge is -2.22. The van der Waals surface area contributed by atoms with Crippen LogP contribution < -0.4 is 10.6 Å². The second-order valence-electron chi connectivity index (χ2n) is 5.75. The van der Waals surface area contributed by atoms with E-state index in [2.05, 4.69) is 22.5 Å². The average molecular weight is 381 g/mol. The van der Waals surface area contributed by atoms with Gasteiger partial charge in [-0.25, -0.2) is 0 Å². The van der Waals surface area contributed by atoms with Gasteiger partial charge in [0, 0.05) is 12.6 Å². The number of halogens is 1. The Kier molecular flexibility index (Phi) is 7.42. The molecular formula is C14H28IN3O. The first-order valence-electron chi connectivity index (χ1n) is 7.49. The summed E-state index contributed by atoms with van der Waals surface area (Å²) in [5.74, 6) is 0.879. The number of aliphatic hydroxyl groups is 1. The third-order valence-electron chi connectivity index (χ3n) is 4.11. The topological polar surface area (TPSA) is 56.7 Å². The van der Waals surface area contributed by atoms with E-state index in [1.807, 2.05) is 0 Å². The standard InChI is InChI=1S/C14H27N3O.HI/c1-2-15-13(17-12-7-3-4-8-12)16-11-14(18)9-5-6-10-14;/h12,18H,2-11H2,1H3,(H2,15,16,17);1H. The van der Waals surface area contributed by atoms with Crippen LogP contribution in [0.15, 0.2) is 4.99 Å². The van der Waals surface area contributed by atoms with Crippen molar-refractivity contribution in [2.24, 2.45) is 4.99 Å². The van der Waals surface area contributed by atoms with Crippen LogP contribution in [0, 0.1) is 0 Å². The summed E-state index contributed by atoms with van der Waals surface area (Å²) < 4.78 is 0. The quantitative estimate of drug-likeness (QED) is 0.398. The summed E-state index contributed by atoms with van der Waals surface area (Å²) in [6.45, 7) is 3.49. The SMILES string of the molecule is CCNC(=NCC1(O)CCCC1)NC1CCCC1.I. The van der Waals surface area contributed by atoms with Crippen LogP contribution in [0.3, 0.4) is 0 Å². The van der Waals surface area contributed by atoms with E-state index in [1.54, 1.807) is 0 Å². The summed E-state index contributed by atoms with van der Waals surface area (Å²) in [5.41, 5.74) is -0.544. The Bertz CT molecular complexity index is 284. The van der Waals surface area contributed by atoms with Gasteiger partial charge < -0.3 is 15.7 Å². The molecule has 0 unspecified atom stereocenters. The molecule has 112 valence electrons. The molecule has 0 aliphatic heterocycles. The van der Waals surface area contributed by atoms with Gasteiger partial charge in [0.1, 0.15) is 0 Å². The largest absolute Gasteiger partial charge is 0.388 e. The number of aliphatic imine (C=N–C) groups is 1. The van der Waals surface area contributed by atoms with E-state index >= 15 is 0 Å². The first kappa shape index (κ1) is 17.0. The Labute approximate surface area is 133 Å². The maximum absolute atomic E-state index is 10.3. The van der Waals surface area contributed by atoms with Gasteiger partial charge in [-0.2, -0.15) is 0 Å². The molecule has 5 heteroatoms. The molecule has 4 nitrogen and oxygen atoms in total. The van der Waals surface area contributed by atoms with Crippen LogP contribution in [0.1, 0.15) is 58.3 Å². The predicted molar refractivity (Wildman–Crippen MR) is 90.2 cm³/mol. The van der Waals surface area contributed by atoms with Crippen LogP contribution in [-0.4, -0.2) is 35.8 Å². The van der Waals surface area contributed by atoms with Gasteiger partial charge in [0.2, 0.25) is 0 Å². The van der Waals surface area contributed by atoms with E-state index in [9.17, 15) is 5.11 Å². The minimum absolute atomic E-state index is 0. The maximum atomic E-state index is 10.3. The molecule has 2 rings (SSSR count). The fourth-order valence-corrected chi connectivity index (χ4v) is 3.00. The van der Waals surface area contributed by atoms with Crippen molar-refractivity contribution in [3.63, 3.8) is 0 Å². The molecule has 0 bridgehead atoms. The highest BCUT2D eigenvalue weighted by Crippen LogP contribution is 2.29. The van der Waals surface area contributed by atoms with Gasteiger partial charge in [0.05, 0.1) is 12.1 Å². The van der Waals surface area contributed by atoms with Gasteiger partial charge in [0.15, 0.2) is 5.96 Å². The van der Waals surface area contributed by atoms with Crippen LogP contribution in [0.2, 0.25) is 0 Å². The number of hydrogen-bond donors (Lipinski definition) is 3. The first-order chi connectivity index (χ1) is 8.72. The maximum Gasteiger partial charge on any atom is 0.191 e. The third kappa shape index (κ3) is 5.45. The van der Waals surface area contributed by atoms with Crippen molar-refractivity contribution < 1.29 is 5.11 Å². The number of nitrogens with zero attached hydrogens (tertiary/aromatic N) is 1. The molecule has 2 fully saturated rings. The predicted octanol–water partition coefficient (Wildman–Crippen LogP) is 2.41. The molecule has 0 spiro atoms. The summed E-state index contributed by atoms with van der Waals surface area (Å²) in [6.07, 6.45) is 9.21. The van der Waals surface area contributed by atoms with Crippen LogP contribution in [0.4, 0.5) is 0 Å². The lowest BCUT2D eigenvalue weighted by molar-refractivity contribution is 0.0574. The summed E-state index contributed by atoms with van der Waals surface area (Å²) in [7, 11) is 0. The third-order valence-corrected chi connectivity index (χ3v) is 4.11. The summed E-state index contributed by atoms with van der Waals surface area (Å²) in [4.78, 5) is 4.58. The molecule has 0 heterocycles. The van der Waals surface area contributed by atoms with E-state index in [4.69, 9.17) is 0 Å². The highest BCUT2D eigenvalue weighted by atomic mass is 127. The summed E-state index contributed by atoms with van der Waals surface area (Å²) in [5, 5.41) is 17.1. The number of guanidine groups is 1. The fraction of sp³-hybridized carbons (Fsp3) is 0.929. The molecule has 0 aromatic heterocycles. The molecule has 2 aliphatic rings. The normalized spacial score (nSPS) is 23.2. The zero-order valence-electron chi connectivity index (χ0n) is 12.0. The summed E-state index contributed by atoms with van der Waals surface area (Å²) >= 11 is 0. The molecule has 0 radical (unpaired) electrons. The van der Waals surface area contributed by atoms with E-state index in [0.717, 1.165) is 38.2 Å². The Morgan fingerprint density at radius 1 is 1.21 bits per heavy atom. The van der Waals surface area contributed by atoms with Crippen molar-refractivity contribution in [3.05, 3.63) is 0 Å². The minimum atomic E-state index is -0.544. The lowest BCUT2D eigenvalue weighted by atomic mass is 10.0. The molecule has 19 heavy (non-hydrogen) atoms. The Hall–Kier alpha value is -0.0400.